The largest absolute Gasteiger partial charge is 0.382 e. The van der Waals surface area contributed by atoms with Crippen molar-refractivity contribution in [1.29, 1.82) is 0 Å². The summed E-state index contributed by atoms with van der Waals surface area (Å²) in [6.45, 7) is 9.15. The van der Waals surface area contributed by atoms with E-state index in [4.69, 9.17) is 14.5 Å². The molecule has 1 saturated heterocycles. The average molecular weight is 445 g/mol. The molecule has 0 bridgehead atoms. The Labute approximate surface area is 156 Å². The van der Waals surface area contributed by atoms with E-state index < -0.39 is 0 Å². The molecule has 1 aliphatic heterocycles. The number of halogens is 1. The summed E-state index contributed by atoms with van der Waals surface area (Å²) < 4.78 is 10.7. The van der Waals surface area contributed by atoms with E-state index in [-0.39, 0.29) is 24.0 Å². The number of thioether (sulfide) groups is 1. The number of nitrogens with zero attached hydrogens (tertiary/aromatic N) is 1. The highest BCUT2D eigenvalue weighted by Crippen LogP contribution is 2.37. The van der Waals surface area contributed by atoms with Crippen LogP contribution in [0.1, 0.15) is 33.1 Å². The van der Waals surface area contributed by atoms with Gasteiger partial charge >= 0.3 is 0 Å². The highest BCUT2D eigenvalue weighted by Gasteiger charge is 2.29. The minimum absolute atomic E-state index is 0. The summed E-state index contributed by atoms with van der Waals surface area (Å²) in [4.78, 5) is 4.73. The van der Waals surface area contributed by atoms with Gasteiger partial charge in [0.1, 0.15) is 0 Å². The van der Waals surface area contributed by atoms with Gasteiger partial charge in [0.25, 0.3) is 0 Å². The summed E-state index contributed by atoms with van der Waals surface area (Å²) in [5.41, 5.74) is 0. The van der Waals surface area contributed by atoms with Crippen LogP contribution in [-0.4, -0.2) is 63.0 Å². The van der Waals surface area contributed by atoms with E-state index in [1.165, 1.54) is 18.6 Å². The molecule has 132 valence electrons. The van der Waals surface area contributed by atoms with Gasteiger partial charge in [0.2, 0.25) is 0 Å². The third-order valence-corrected chi connectivity index (χ3v) is 4.93. The maximum atomic E-state index is 5.44. The Kier molecular flexibility index (Phi) is 13.9. The molecule has 0 saturated carbocycles. The van der Waals surface area contributed by atoms with Crippen LogP contribution in [0.4, 0.5) is 0 Å². The van der Waals surface area contributed by atoms with Crippen molar-refractivity contribution in [3.63, 3.8) is 0 Å². The van der Waals surface area contributed by atoms with Crippen LogP contribution in [0.5, 0.6) is 0 Å². The fourth-order valence-corrected chi connectivity index (χ4v) is 3.40. The predicted octanol–water partition coefficient (Wildman–Crippen LogP) is 2.50. The number of nitrogens with one attached hydrogen (secondary N) is 2. The first-order valence-electron chi connectivity index (χ1n) is 7.93. The lowest BCUT2D eigenvalue weighted by molar-refractivity contribution is 0.0698. The van der Waals surface area contributed by atoms with Crippen molar-refractivity contribution in [3.05, 3.63) is 0 Å². The predicted molar refractivity (Wildman–Crippen MR) is 107 cm³/mol. The summed E-state index contributed by atoms with van der Waals surface area (Å²) in [6.07, 6.45) is 3.56. The minimum Gasteiger partial charge on any atom is -0.382 e. The van der Waals surface area contributed by atoms with Crippen LogP contribution in [0.3, 0.4) is 0 Å². The van der Waals surface area contributed by atoms with Crippen molar-refractivity contribution in [2.75, 3.05) is 52.3 Å². The van der Waals surface area contributed by atoms with Gasteiger partial charge in [-0.3, -0.25) is 4.99 Å². The van der Waals surface area contributed by atoms with E-state index in [2.05, 4.69) is 24.5 Å². The second kappa shape index (κ2) is 13.7. The first kappa shape index (κ1) is 22.3. The van der Waals surface area contributed by atoms with Gasteiger partial charge in [0.15, 0.2) is 5.96 Å². The first-order valence-corrected chi connectivity index (χ1v) is 8.91. The van der Waals surface area contributed by atoms with E-state index in [1.807, 2.05) is 11.8 Å². The van der Waals surface area contributed by atoms with Crippen LogP contribution in [-0.2, 0) is 9.47 Å². The summed E-state index contributed by atoms with van der Waals surface area (Å²) in [6, 6.07) is 0. The van der Waals surface area contributed by atoms with Gasteiger partial charge in [0.05, 0.1) is 19.8 Å². The fraction of sp³-hybridized carbons (Fsp3) is 0.933. The number of methoxy groups -OCH3 is 1. The zero-order chi connectivity index (χ0) is 15.4. The number of guanidine groups is 1. The zero-order valence-corrected chi connectivity index (χ0v) is 17.3. The standard InChI is InChI=1S/C15H31N3O2S.HI/c1-4-16-14(17-8-6-9-20-11-10-19-3)18-13-15(2)7-5-12-21-15;/h4-13H2,1-3H3,(H2,16,17,18);1H. The Hall–Kier alpha value is 0.270. The molecule has 0 radical (unpaired) electrons. The third kappa shape index (κ3) is 10.1. The molecule has 1 unspecified atom stereocenters. The molecule has 5 nitrogen and oxygen atoms in total. The molecule has 1 atom stereocenters. The lowest BCUT2D eigenvalue weighted by Crippen LogP contribution is -2.39. The SMILES string of the molecule is CCNC(=NCC1(C)CCCS1)NCCCOCCOC.I. The van der Waals surface area contributed by atoms with Crippen LogP contribution in [0.2, 0.25) is 0 Å². The van der Waals surface area contributed by atoms with Gasteiger partial charge in [-0.05, 0) is 38.9 Å². The van der Waals surface area contributed by atoms with Gasteiger partial charge in [0, 0.05) is 31.6 Å². The molecular weight excluding hydrogens is 413 g/mol. The van der Waals surface area contributed by atoms with E-state index in [9.17, 15) is 0 Å². The molecular formula is C15H32IN3O2S. The molecule has 0 aromatic rings. The topological polar surface area (TPSA) is 54.9 Å². The normalized spacial score (nSPS) is 21.5. The quantitative estimate of drug-likeness (QED) is 0.234. The van der Waals surface area contributed by atoms with E-state index >= 15 is 0 Å². The highest BCUT2D eigenvalue weighted by atomic mass is 127. The molecule has 1 fully saturated rings. The maximum Gasteiger partial charge on any atom is 0.191 e. The smallest absolute Gasteiger partial charge is 0.191 e. The first-order chi connectivity index (χ1) is 10.2. The molecule has 2 N–H and O–H groups in total. The number of hydrogen-bond acceptors (Lipinski definition) is 4. The third-order valence-electron chi connectivity index (χ3n) is 3.41. The van der Waals surface area contributed by atoms with Crippen molar-refractivity contribution in [2.24, 2.45) is 4.99 Å². The van der Waals surface area contributed by atoms with Crippen LogP contribution in [0.25, 0.3) is 0 Å². The Morgan fingerprint density at radius 3 is 2.73 bits per heavy atom. The summed E-state index contributed by atoms with van der Waals surface area (Å²) in [7, 11) is 1.69. The molecule has 0 amide bonds. The highest BCUT2D eigenvalue weighted by molar-refractivity contribution is 14.0. The molecule has 22 heavy (non-hydrogen) atoms. The Morgan fingerprint density at radius 2 is 2.09 bits per heavy atom. The van der Waals surface area contributed by atoms with Crippen molar-refractivity contribution in [2.45, 2.75) is 37.9 Å². The molecule has 0 aliphatic carbocycles. The van der Waals surface area contributed by atoms with Gasteiger partial charge in [-0.15, -0.1) is 24.0 Å². The summed E-state index contributed by atoms with van der Waals surface area (Å²) in [5, 5.41) is 6.67. The van der Waals surface area contributed by atoms with Crippen molar-refractivity contribution < 1.29 is 9.47 Å². The van der Waals surface area contributed by atoms with E-state index in [0.29, 0.717) is 18.0 Å². The van der Waals surface area contributed by atoms with Gasteiger partial charge in [-0.1, -0.05) is 0 Å². The molecule has 0 spiro atoms. The van der Waals surface area contributed by atoms with E-state index in [0.717, 1.165) is 38.6 Å². The minimum atomic E-state index is 0. The maximum absolute atomic E-state index is 5.44. The lowest BCUT2D eigenvalue weighted by atomic mass is 10.1. The van der Waals surface area contributed by atoms with Crippen LogP contribution in [0.15, 0.2) is 4.99 Å². The molecule has 1 aliphatic rings. The molecule has 1 rings (SSSR count). The zero-order valence-electron chi connectivity index (χ0n) is 14.2. The van der Waals surface area contributed by atoms with E-state index in [1.54, 1.807) is 7.11 Å². The number of hydrogen-bond donors (Lipinski definition) is 2. The Balaban J connectivity index is 0.00000441. The molecule has 0 aromatic heterocycles. The van der Waals surface area contributed by atoms with Crippen molar-refractivity contribution in [3.8, 4) is 0 Å². The van der Waals surface area contributed by atoms with Gasteiger partial charge in [-0.2, -0.15) is 11.8 Å². The van der Waals surface area contributed by atoms with Crippen LogP contribution < -0.4 is 10.6 Å². The molecule has 0 aromatic carbocycles. The lowest BCUT2D eigenvalue weighted by Gasteiger charge is -2.21. The van der Waals surface area contributed by atoms with Crippen molar-refractivity contribution in [1.82, 2.24) is 10.6 Å². The number of ether oxygens (including phenoxy) is 2. The summed E-state index contributed by atoms with van der Waals surface area (Å²) in [5.74, 6) is 2.19. The number of aliphatic imine (C=N–C) groups is 1. The summed E-state index contributed by atoms with van der Waals surface area (Å²) >= 11 is 2.05. The average Bonchev–Trinajstić information content (AvgIpc) is 2.91. The van der Waals surface area contributed by atoms with Crippen LogP contribution in [0, 0.1) is 0 Å². The van der Waals surface area contributed by atoms with Gasteiger partial charge in [-0.25, -0.2) is 0 Å². The van der Waals surface area contributed by atoms with Crippen molar-refractivity contribution >= 4 is 41.7 Å². The number of rotatable bonds is 10. The second-order valence-electron chi connectivity index (χ2n) is 5.48. The molecule has 7 heteroatoms. The Morgan fingerprint density at radius 1 is 1.27 bits per heavy atom. The fourth-order valence-electron chi connectivity index (χ4n) is 2.17. The van der Waals surface area contributed by atoms with Crippen LogP contribution >= 0.6 is 35.7 Å². The monoisotopic (exact) mass is 445 g/mol. The van der Waals surface area contributed by atoms with Gasteiger partial charge < -0.3 is 20.1 Å². The Bertz CT molecular complexity index is 301. The molecule has 1 heterocycles. The second-order valence-corrected chi connectivity index (χ2v) is 7.17.